The fourth-order valence-electron chi connectivity index (χ4n) is 4.17. The van der Waals surface area contributed by atoms with Crippen LogP contribution in [0.3, 0.4) is 0 Å². The van der Waals surface area contributed by atoms with Gasteiger partial charge in [-0.3, -0.25) is 9.59 Å². The summed E-state index contributed by atoms with van der Waals surface area (Å²) in [6.45, 7) is 6.01. The molecule has 4 rings (SSSR count). The molecule has 3 heterocycles. The average molecular weight is 425 g/mol. The molecule has 0 aliphatic carbocycles. The fraction of sp³-hybridized carbons (Fsp3) is 0.435. The first-order chi connectivity index (χ1) is 14.9. The van der Waals surface area contributed by atoms with E-state index in [1.54, 1.807) is 24.3 Å². The average Bonchev–Trinajstić information content (AvgIpc) is 3.15. The lowest BCUT2D eigenvalue weighted by Crippen LogP contribution is -2.45. The zero-order valence-electron chi connectivity index (χ0n) is 18.1. The van der Waals surface area contributed by atoms with E-state index in [0.29, 0.717) is 18.0 Å². The van der Waals surface area contributed by atoms with E-state index in [1.807, 2.05) is 30.3 Å². The third-order valence-corrected chi connectivity index (χ3v) is 5.62. The van der Waals surface area contributed by atoms with Crippen LogP contribution < -0.4 is 19.9 Å². The summed E-state index contributed by atoms with van der Waals surface area (Å²) in [6, 6.07) is 11.1. The highest BCUT2D eigenvalue weighted by Gasteiger charge is 2.35. The summed E-state index contributed by atoms with van der Waals surface area (Å²) in [5.41, 5.74) is 1.36. The molecule has 164 valence electrons. The van der Waals surface area contributed by atoms with Crippen LogP contribution in [0.4, 0.5) is 17.2 Å². The van der Waals surface area contributed by atoms with Gasteiger partial charge in [0.1, 0.15) is 11.6 Å². The molecule has 8 heteroatoms. The van der Waals surface area contributed by atoms with Gasteiger partial charge in [-0.15, -0.1) is 0 Å². The van der Waals surface area contributed by atoms with Crippen molar-refractivity contribution in [2.24, 2.45) is 5.92 Å². The van der Waals surface area contributed by atoms with Crippen molar-refractivity contribution in [1.29, 1.82) is 0 Å². The SMILES string of the molecule is COc1cccc(N2CC(C(=O)Nc3ccc(N4CC(C)OC(C)C4)nc3)CC2=O)c1. The Bertz CT molecular complexity index is 939. The van der Waals surface area contributed by atoms with Crippen molar-refractivity contribution >= 4 is 29.0 Å². The molecule has 1 aromatic heterocycles. The second-order valence-corrected chi connectivity index (χ2v) is 8.16. The summed E-state index contributed by atoms with van der Waals surface area (Å²) in [5.74, 6) is 0.868. The van der Waals surface area contributed by atoms with Crippen LogP contribution in [0.1, 0.15) is 20.3 Å². The van der Waals surface area contributed by atoms with Gasteiger partial charge in [-0.1, -0.05) is 6.07 Å². The normalized spacial score (nSPS) is 23.7. The Hall–Kier alpha value is -3.13. The fourth-order valence-corrected chi connectivity index (χ4v) is 4.17. The molecule has 2 aliphatic heterocycles. The lowest BCUT2D eigenvalue weighted by Gasteiger charge is -2.36. The maximum absolute atomic E-state index is 12.8. The molecule has 1 aromatic carbocycles. The van der Waals surface area contributed by atoms with Gasteiger partial charge < -0.3 is 24.6 Å². The predicted octanol–water partition coefficient (Wildman–Crippen LogP) is 2.70. The van der Waals surface area contributed by atoms with E-state index in [4.69, 9.17) is 9.47 Å². The maximum Gasteiger partial charge on any atom is 0.229 e. The standard InChI is InChI=1S/C23H28N4O4/c1-15-12-26(13-16(2)31-15)21-8-7-18(11-24-21)25-23(29)17-9-22(28)27(14-17)19-5-4-6-20(10-19)30-3/h4-8,10-11,15-17H,9,12-14H2,1-3H3,(H,25,29). The highest BCUT2D eigenvalue weighted by atomic mass is 16.5. The first-order valence-electron chi connectivity index (χ1n) is 10.5. The Morgan fingerprint density at radius 1 is 1.16 bits per heavy atom. The van der Waals surface area contributed by atoms with Gasteiger partial charge in [0.25, 0.3) is 0 Å². The van der Waals surface area contributed by atoms with Gasteiger partial charge in [0.05, 0.1) is 37.1 Å². The maximum atomic E-state index is 12.8. The van der Waals surface area contributed by atoms with Gasteiger partial charge in [0, 0.05) is 37.8 Å². The molecule has 3 atom stereocenters. The van der Waals surface area contributed by atoms with E-state index < -0.39 is 5.92 Å². The van der Waals surface area contributed by atoms with Crippen molar-refractivity contribution in [3.63, 3.8) is 0 Å². The van der Waals surface area contributed by atoms with Crippen molar-refractivity contribution in [3.8, 4) is 5.75 Å². The number of nitrogens with one attached hydrogen (secondary N) is 1. The number of anilines is 3. The summed E-state index contributed by atoms with van der Waals surface area (Å²) >= 11 is 0. The van der Waals surface area contributed by atoms with Crippen LogP contribution in [0.5, 0.6) is 5.75 Å². The van der Waals surface area contributed by atoms with Gasteiger partial charge in [0.2, 0.25) is 11.8 Å². The number of morpholine rings is 1. The minimum absolute atomic E-state index is 0.0718. The Kier molecular flexibility index (Phi) is 6.08. The van der Waals surface area contributed by atoms with Crippen molar-refractivity contribution in [1.82, 2.24) is 4.98 Å². The van der Waals surface area contributed by atoms with Crippen LogP contribution in [0.25, 0.3) is 0 Å². The van der Waals surface area contributed by atoms with Crippen molar-refractivity contribution in [3.05, 3.63) is 42.6 Å². The van der Waals surface area contributed by atoms with Crippen LogP contribution in [0, 0.1) is 5.92 Å². The molecule has 0 saturated carbocycles. The molecular weight excluding hydrogens is 396 g/mol. The van der Waals surface area contributed by atoms with Gasteiger partial charge >= 0.3 is 0 Å². The van der Waals surface area contributed by atoms with Crippen molar-refractivity contribution in [2.45, 2.75) is 32.5 Å². The van der Waals surface area contributed by atoms with Crippen molar-refractivity contribution in [2.75, 3.05) is 41.9 Å². The summed E-state index contributed by atoms with van der Waals surface area (Å²) in [6.07, 6.45) is 2.14. The first kappa shape index (κ1) is 21.1. The van der Waals surface area contributed by atoms with Crippen LogP contribution in [0.15, 0.2) is 42.6 Å². The summed E-state index contributed by atoms with van der Waals surface area (Å²) in [7, 11) is 1.58. The lowest BCUT2D eigenvalue weighted by molar-refractivity contribution is -0.122. The van der Waals surface area contributed by atoms with Gasteiger partial charge in [0.15, 0.2) is 0 Å². The molecule has 1 N–H and O–H groups in total. The minimum Gasteiger partial charge on any atom is -0.497 e. The van der Waals surface area contributed by atoms with Crippen LogP contribution in [-0.2, 0) is 14.3 Å². The molecule has 2 saturated heterocycles. The van der Waals surface area contributed by atoms with E-state index in [-0.39, 0.29) is 30.4 Å². The van der Waals surface area contributed by atoms with E-state index in [2.05, 4.69) is 29.0 Å². The Morgan fingerprint density at radius 2 is 1.94 bits per heavy atom. The number of carbonyl (C=O) groups is 2. The molecule has 0 bridgehead atoms. The zero-order valence-corrected chi connectivity index (χ0v) is 18.1. The molecular formula is C23H28N4O4. The number of ether oxygens (including phenoxy) is 2. The highest BCUT2D eigenvalue weighted by Crippen LogP contribution is 2.28. The number of carbonyl (C=O) groups excluding carboxylic acids is 2. The quantitative estimate of drug-likeness (QED) is 0.795. The van der Waals surface area contributed by atoms with Gasteiger partial charge in [-0.05, 0) is 38.1 Å². The van der Waals surface area contributed by atoms with E-state index in [9.17, 15) is 9.59 Å². The van der Waals surface area contributed by atoms with Gasteiger partial charge in [-0.2, -0.15) is 0 Å². The number of hydrogen-bond donors (Lipinski definition) is 1. The summed E-state index contributed by atoms with van der Waals surface area (Å²) < 4.78 is 11.0. The molecule has 2 amide bonds. The van der Waals surface area contributed by atoms with E-state index in [0.717, 1.165) is 24.6 Å². The number of hydrogen-bond acceptors (Lipinski definition) is 6. The number of pyridine rings is 1. The number of methoxy groups -OCH3 is 1. The Labute approximate surface area is 182 Å². The number of rotatable bonds is 5. The second kappa shape index (κ2) is 8.93. The number of aromatic nitrogens is 1. The molecule has 2 fully saturated rings. The molecule has 0 spiro atoms. The molecule has 3 unspecified atom stereocenters. The molecule has 2 aromatic rings. The highest BCUT2D eigenvalue weighted by molar-refractivity contribution is 6.03. The number of nitrogens with zero attached hydrogens (tertiary/aromatic N) is 3. The second-order valence-electron chi connectivity index (χ2n) is 8.16. The largest absolute Gasteiger partial charge is 0.497 e. The van der Waals surface area contributed by atoms with Crippen LogP contribution >= 0.6 is 0 Å². The third-order valence-electron chi connectivity index (χ3n) is 5.62. The smallest absolute Gasteiger partial charge is 0.229 e. The molecule has 0 radical (unpaired) electrons. The van der Waals surface area contributed by atoms with Crippen molar-refractivity contribution < 1.29 is 19.1 Å². The minimum atomic E-state index is -0.417. The summed E-state index contributed by atoms with van der Waals surface area (Å²) in [4.78, 5) is 33.6. The molecule has 8 nitrogen and oxygen atoms in total. The first-order valence-corrected chi connectivity index (χ1v) is 10.5. The lowest BCUT2D eigenvalue weighted by atomic mass is 10.1. The van der Waals surface area contributed by atoms with Crippen LogP contribution in [-0.4, -0.2) is 55.8 Å². The summed E-state index contributed by atoms with van der Waals surface area (Å²) in [5, 5.41) is 2.90. The molecule has 31 heavy (non-hydrogen) atoms. The monoisotopic (exact) mass is 424 g/mol. The van der Waals surface area contributed by atoms with E-state index in [1.165, 1.54) is 0 Å². The van der Waals surface area contributed by atoms with Gasteiger partial charge in [-0.25, -0.2) is 4.98 Å². The topological polar surface area (TPSA) is 84.0 Å². The van der Waals surface area contributed by atoms with E-state index >= 15 is 0 Å². The van der Waals surface area contributed by atoms with Crippen LogP contribution in [0.2, 0.25) is 0 Å². The predicted molar refractivity (Wildman–Crippen MR) is 119 cm³/mol. The third kappa shape index (κ3) is 4.80. The Balaban J connectivity index is 1.37. The number of amides is 2. The Morgan fingerprint density at radius 3 is 2.61 bits per heavy atom. The number of benzene rings is 1. The molecule has 2 aliphatic rings. The zero-order chi connectivity index (χ0) is 22.0.